The van der Waals surface area contributed by atoms with E-state index in [0.29, 0.717) is 5.69 Å². The fraction of sp³-hybridized carbons (Fsp3) is 0.143. The maximum atomic E-state index is 7.09. The van der Waals surface area contributed by atoms with Gasteiger partial charge in [0.05, 0.1) is 0 Å². The Morgan fingerprint density at radius 1 is 0.917 bits per heavy atom. The van der Waals surface area contributed by atoms with Gasteiger partial charge >= 0.3 is 46.1 Å². The zero-order valence-corrected chi connectivity index (χ0v) is 13.0. The number of nitrogens with one attached hydrogen (secondary N) is 1. The van der Waals surface area contributed by atoms with E-state index in [2.05, 4.69) is 0 Å². The first kappa shape index (κ1) is 23.4. The molecular weight excluding hydrogens is 307 g/mol. The molecule has 1 N–H and O–H groups in total. The number of hydrogen-bond acceptors (Lipinski definition) is 0. The van der Waals surface area contributed by atoms with Gasteiger partial charge in [0, 0.05) is 0 Å². The van der Waals surface area contributed by atoms with Gasteiger partial charge in [0.1, 0.15) is 0 Å². The van der Waals surface area contributed by atoms with Gasteiger partial charge in [-0.05, 0) is 6.92 Å². The first-order chi connectivity index (χ1) is 3.79. The van der Waals surface area contributed by atoms with Crippen molar-refractivity contribution in [3.63, 3.8) is 0 Å². The van der Waals surface area contributed by atoms with Crippen molar-refractivity contribution in [2.45, 2.75) is 6.92 Å². The Bertz CT molecular complexity index is 158. The van der Waals surface area contributed by atoms with Crippen LogP contribution in [0.4, 0.5) is 5.69 Å². The minimum atomic E-state index is 0. The van der Waals surface area contributed by atoms with Crippen molar-refractivity contribution >= 4 is 51.8 Å². The Hall–Kier alpha value is 1.51. The Balaban J connectivity index is -0.0000000800. The topological polar surface area (TPSA) is 23.8 Å². The maximum absolute atomic E-state index is 7.09. The summed E-state index contributed by atoms with van der Waals surface area (Å²) in [4.78, 5) is 0. The molecule has 0 aliphatic heterocycles. The van der Waals surface area contributed by atoms with Gasteiger partial charge in [-0.1, -0.05) is 29.8 Å². The third-order valence-corrected chi connectivity index (χ3v) is 1.05. The van der Waals surface area contributed by atoms with Crippen molar-refractivity contribution in [3.05, 3.63) is 35.6 Å². The van der Waals surface area contributed by atoms with Crippen molar-refractivity contribution < 1.29 is 34.0 Å². The molecular formula is C7H8Br2Mg2N+. The van der Waals surface area contributed by atoms with E-state index >= 15 is 0 Å². The van der Waals surface area contributed by atoms with E-state index < -0.39 is 0 Å². The molecule has 0 bridgehead atoms. The fourth-order valence-corrected chi connectivity index (χ4v) is 0.554. The molecule has 0 radical (unpaired) electrons. The van der Waals surface area contributed by atoms with Gasteiger partial charge in [-0.25, -0.2) is 0 Å². The van der Waals surface area contributed by atoms with Crippen LogP contribution in [0.2, 0.25) is 0 Å². The minimum absolute atomic E-state index is 0. The van der Waals surface area contributed by atoms with Gasteiger partial charge in [0.15, 0.2) is 0 Å². The van der Waals surface area contributed by atoms with Gasteiger partial charge in [0.25, 0.3) is 0 Å². The van der Waals surface area contributed by atoms with Crippen molar-refractivity contribution in [3.8, 4) is 0 Å². The second kappa shape index (κ2) is 12.5. The molecule has 0 aromatic heterocycles. The average molecular weight is 315 g/mol. The molecule has 0 saturated heterocycles. The molecule has 58 valence electrons. The third-order valence-electron chi connectivity index (χ3n) is 1.05. The Morgan fingerprint density at radius 2 is 1.25 bits per heavy atom. The van der Waals surface area contributed by atoms with Crippen LogP contribution >= 0.6 is 0 Å². The SMILES string of the molecule is Cc1ccc([NH-])cc1.[Br-].[Br-].[Mg+2].[Mg+2]. The van der Waals surface area contributed by atoms with E-state index in [1.165, 1.54) is 5.56 Å². The number of halogens is 2. The zero-order chi connectivity index (χ0) is 5.98. The molecule has 0 amide bonds. The molecule has 0 heterocycles. The molecule has 1 nitrogen and oxygen atoms in total. The monoisotopic (exact) mass is 312 g/mol. The summed E-state index contributed by atoms with van der Waals surface area (Å²) >= 11 is 0. The number of aryl methyl sites for hydroxylation is 1. The van der Waals surface area contributed by atoms with E-state index in [0.717, 1.165) is 0 Å². The summed E-state index contributed by atoms with van der Waals surface area (Å²) in [6.07, 6.45) is 0. The summed E-state index contributed by atoms with van der Waals surface area (Å²) < 4.78 is 0. The first-order valence-electron chi connectivity index (χ1n) is 2.57. The van der Waals surface area contributed by atoms with E-state index in [4.69, 9.17) is 5.73 Å². The molecule has 5 heteroatoms. The number of rotatable bonds is 0. The van der Waals surface area contributed by atoms with Crippen LogP contribution in [0.5, 0.6) is 0 Å². The summed E-state index contributed by atoms with van der Waals surface area (Å²) in [5.74, 6) is 0. The predicted molar refractivity (Wildman–Crippen MR) is 46.7 cm³/mol. The van der Waals surface area contributed by atoms with Gasteiger partial charge in [-0.3, -0.25) is 0 Å². The Labute approximate surface area is 127 Å². The Morgan fingerprint density at radius 3 is 1.50 bits per heavy atom. The Kier molecular flexibility index (Phi) is 24.4. The van der Waals surface area contributed by atoms with Crippen LogP contribution < -0.4 is 34.0 Å². The molecule has 0 unspecified atom stereocenters. The summed E-state index contributed by atoms with van der Waals surface area (Å²) in [7, 11) is 0. The molecule has 0 saturated carbocycles. The minimum Gasteiger partial charge on any atom is -1.00 e. The van der Waals surface area contributed by atoms with E-state index in [-0.39, 0.29) is 80.1 Å². The van der Waals surface area contributed by atoms with Crippen molar-refractivity contribution in [2.24, 2.45) is 0 Å². The number of hydrogen-bond donors (Lipinski definition) is 0. The molecule has 0 atom stereocenters. The molecule has 1 aromatic carbocycles. The van der Waals surface area contributed by atoms with Crippen LogP contribution in [0.25, 0.3) is 5.73 Å². The van der Waals surface area contributed by atoms with Crippen LogP contribution in [0.15, 0.2) is 24.3 Å². The van der Waals surface area contributed by atoms with Gasteiger partial charge in [0.2, 0.25) is 0 Å². The zero-order valence-electron chi connectivity index (χ0n) is 6.98. The standard InChI is InChI=1S/C7H8N.2BrH.2Mg/c1-6-2-4-7(8)5-3-6;;;;/h2-5,8H,1H3;2*1H;;/q-1;;;2*+2/p-2. The molecule has 12 heavy (non-hydrogen) atoms. The van der Waals surface area contributed by atoms with Gasteiger partial charge in [-0.15, -0.1) is 5.69 Å². The van der Waals surface area contributed by atoms with Crippen LogP contribution in [0.3, 0.4) is 0 Å². The number of benzene rings is 1. The summed E-state index contributed by atoms with van der Waals surface area (Å²) in [5.41, 5.74) is 8.88. The fourth-order valence-electron chi connectivity index (χ4n) is 0.554. The van der Waals surface area contributed by atoms with Crippen molar-refractivity contribution in [1.29, 1.82) is 0 Å². The van der Waals surface area contributed by atoms with Crippen molar-refractivity contribution in [2.75, 3.05) is 0 Å². The van der Waals surface area contributed by atoms with Gasteiger partial charge < -0.3 is 39.7 Å². The van der Waals surface area contributed by atoms with Crippen LogP contribution in [-0.2, 0) is 0 Å². The van der Waals surface area contributed by atoms with E-state index in [1.54, 1.807) is 12.1 Å². The molecule has 0 aliphatic rings. The molecule has 0 fully saturated rings. The summed E-state index contributed by atoms with van der Waals surface area (Å²) in [6, 6.07) is 7.44. The average Bonchev–Trinajstić information content (AvgIpc) is 1.77. The maximum Gasteiger partial charge on any atom is 2.00 e. The predicted octanol–water partition coefficient (Wildman–Crippen LogP) is -4.07. The van der Waals surface area contributed by atoms with Crippen molar-refractivity contribution in [1.82, 2.24) is 0 Å². The van der Waals surface area contributed by atoms with Crippen LogP contribution in [0, 0.1) is 6.92 Å². The summed E-state index contributed by atoms with van der Waals surface area (Å²) in [5, 5.41) is 0. The molecule has 1 rings (SSSR count). The smallest absolute Gasteiger partial charge is 1.00 e. The van der Waals surface area contributed by atoms with E-state index in [9.17, 15) is 0 Å². The first-order valence-corrected chi connectivity index (χ1v) is 2.57. The normalized spacial score (nSPS) is 6.08. The summed E-state index contributed by atoms with van der Waals surface area (Å²) in [6.45, 7) is 2.01. The molecule has 0 spiro atoms. The second-order valence-electron chi connectivity index (χ2n) is 1.87. The second-order valence-corrected chi connectivity index (χ2v) is 1.87. The van der Waals surface area contributed by atoms with Crippen LogP contribution in [-0.4, -0.2) is 46.1 Å². The third kappa shape index (κ3) is 9.60. The molecule has 0 aliphatic carbocycles. The molecule has 1 aromatic rings. The van der Waals surface area contributed by atoms with E-state index in [1.807, 2.05) is 19.1 Å². The largest absolute Gasteiger partial charge is 2.00 e. The van der Waals surface area contributed by atoms with Crippen LogP contribution in [0.1, 0.15) is 5.56 Å². The van der Waals surface area contributed by atoms with Gasteiger partial charge in [-0.2, -0.15) is 0 Å². The quantitative estimate of drug-likeness (QED) is 0.435.